The molecule has 23 heavy (non-hydrogen) atoms. The predicted molar refractivity (Wildman–Crippen MR) is 90.2 cm³/mol. The quantitative estimate of drug-likeness (QED) is 0.916. The minimum Gasteiger partial charge on any atom is -0.322 e. The summed E-state index contributed by atoms with van der Waals surface area (Å²) in [5.74, 6) is -0.766. The van der Waals surface area contributed by atoms with Crippen molar-refractivity contribution in [2.75, 3.05) is 18.9 Å². The van der Waals surface area contributed by atoms with Gasteiger partial charge in [-0.15, -0.1) is 0 Å². The van der Waals surface area contributed by atoms with E-state index in [9.17, 15) is 9.18 Å². The molecule has 1 amide bonds. The number of likely N-dealkylation sites (N-methyl/N-ethyl adjacent to an activating group) is 1. The van der Waals surface area contributed by atoms with Crippen LogP contribution in [0.1, 0.15) is 23.6 Å². The molecule has 2 aromatic carbocycles. The zero-order chi connectivity index (χ0) is 16.4. The molecule has 1 aliphatic rings. The molecule has 120 valence electrons. The van der Waals surface area contributed by atoms with Crippen LogP contribution in [0, 0.1) is 5.82 Å². The summed E-state index contributed by atoms with van der Waals surface area (Å²) in [6.07, 6.45) is 2.02. The number of carbonyl (C=O) groups excluding carboxylic acids is 1. The minimum atomic E-state index is -0.528. The maximum absolute atomic E-state index is 13.7. The van der Waals surface area contributed by atoms with Crippen LogP contribution in [-0.4, -0.2) is 24.4 Å². The first-order valence-electron chi connectivity index (χ1n) is 7.57. The second-order valence-electron chi connectivity index (χ2n) is 5.84. The fraction of sp³-hybridized carbons (Fsp3) is 0.278. The van der Waals surface area contributed by atoms with Crippen molar-refractivity contribution in [2.24, 2.45) is 0 Å². The average Bonchev–Trinajstić information content (AvgIpc) is 2.94. The number of benzene rings is 2. The van der Waals surface area contributed by atoms with Crippen LogP contribution in [0.5, 0.6) is 0 Å². The molecule has 0 fully saturated rings. The Morgan fingerprint density at radius 3 is 2.91 bits per heavy atom. The molecule has 0 unspecified atom stereocenters. The number of aryl methyl sites for hydroxylation is 1. The predicted octanol–water partition coefficient (Wildman–Crippen LogP) is 4.04. The summed E-state index contributed by atoms with van der Waals surface area (Å²) in [6, 6.07) is 12.7. The molecule has 0 spiro atoms. The van der Waals surface area contributed by atoms with Crippen molar-refractivity contribution in [1.29, 1.82) is 0 Å². The molecule has 0 saturated heterocycles. The van der Waals surface area contributed by atoms with Gasteiger partial charge in [-0.2, -0.15) is 0 Å². The molecule has 0 aliphatic heterocycles. The lowest BCUT2D eigenvalue weighted by atomic mass is 10.1. The summed E-state index contributed by atoms with van der Waals surface area (Å²) in [4.78, 5) is 14.2. The van der Waals surface area contributed by atoms with Crippen LogP contribution in [0.4, 0.5) is 10.1 Å². The number of amides is 1. The number of carbonyl (C=O) groups is 1. The Morgan fingerprint density at radius 1 is 1.35 bits per heavy atom. The molecule has 0 heterocycles. The number of fused-ring (bicyclic) bond motifs is 1. The topological polar surface area (TPSA) is 32.3 Å². The van der Waals surface area contributed by atoms with E-state index in [0.717, 1.165) is 12.8 Å². The fourth-order valence-electron chi connectivity index (χ4n) is 3.11. The molecule has 1 aliphatic carbocycles. The van der Waals surface area contributed by atoms with Crippen molar-refractivity contribution in [3.63, 3.8) is 0 Å². The summed E-state index contributed by atoms with van der Waals surface area (Å²) in [5.41, 5.74) is 2.77. The monoisotopic (exact) mass is 332 g/mol. The highest BCUT2D eigenvalue weighted by atomic mass is 35.5. The van der Waals surface area contributed by atoms with Gasteiger partial charge in [0.1, 0.15) is 5.82 Å². The van der Waals surface area contributed by atoms with Crippen LogP contribution in [0.2, 0.25) is 5.02 Å². The second kappa shape index (κ2) is 6.69. The van der Waals surface area contributed by atoms with E-state index in [1.54, 1.807) is 6.07 Å². The molecule has 3 nitrogen and oxygen atoms in total. The van der Waals surface area contributed by atoms with E-state index in [0.29, 0.717) is 5.02 Å². The molecule has 3 rings (SSSR count). The summed E-state index contributed by atoms with van der Waals surface area (Å²) in [7, 11) is 1.92. The van der Waals surface area contributed by atoms with E-state index in [4.69, 9.17) is 11.6 Å². The van der Waals surface area contributed by atoms with Crippen molar-refractivity contribution in [3.8, 4) is 0 Å². The molecule has 5 heteroatoms. The number of rotatable bonds is 4. The lowest BCUT2D eigenvalue weighted by Crippen LogP contribution is -2.32. The third-order valence-electron chi connectivity index (χ3n) is 4.23. The summed E-state index contributed by atoms with van der Waals surface area (Å²) in [5, 5.41) is 2.91. The lowest BCUT2D eigenvalue weighted by molar-refractivity contribution is -0.117. The highest BCUT2D eigenvalue weighted by molar-refractivity contribution is 6.30. The van der Waals surface area contributed by atoms with Crippen LogP contribution in [0.15, 0.2) is 42.5 Å². The molecule has 1 N–H and O–H groups in total. The number of hydrogen-bond acceptors (Lipinski definition) is 2. The third kappa shape index (κ3) is 3.54. The van der Waals surface area contributed by atoms with Crippen molar-refractivity contribution < 1.29 is 9.18 Å². The molecule has 0 aromatic heterocycles. The normalized spacial score (nSPS) is 16.4. The Hall–Kier alpha value is -1.91. The molecule has 0 saturated carbocycles. The fourth-order valence-corrected chi connectivity index (χ4v) is 3.27. The zero-order valence-electron chi connectivity index (χ0n) is 12.9. The van der Waals surface area contributed by atoms with Gasteiger partial charge in [0.15, 0.2) is 0 Å². The van der Waals surface area contributed by atoms with Gasteiger partial charge in [-0.25, -0.2) is 4.39 Å². The van der Waals surface area contributed by atoms with Gasteiger partial charge >= 0.3 is 0 Å². The number of nitrogens with one attached hydrogen (secondary N) is 1. The Labute approximate surface area is 140 Å². The molecular weight excluding hydrogens is 315 g/mol. The van der Waals surface area contributed by atoms with Crippen LogP contribution < -0.4 is 5.32 Å². The average molecular weight is 333 g/mol. The Kier molecular flexibility index (Phi) is 4.64. The van der Waals surface area contributed by atoms with Gasteiger partial charge in [0.2, 0.25) is 5.91 Å². The minimum absolute atomic E-state index is 0.152. The van der Waals surface area contributed by atoms with Gasteiger partial charge in [0.05, 0.1) is 12.2 Å². The largest absolute Gasteiger partial charge is 0.322 e. The first-order valence-corrected chi connectivity index (χ1v) is 7.95. The van der Waals surface area contributed by atoms with Gasteiger partial charge in [-0.05, 0) is 49.2 Å². The first kappa shape index (κ1) is 16.0. The lowest BCUT2D eigenvalue weighted by Gasteiger charge is -2.24. The third-order valence-corrected chi connectivity index (χ3v) is 4.47. The molecule has 0 bridgehead atoms. The second-order valence-corrected chi connectivity index (χ2v) is 6.28. The van der Waals surface area contributed by atoms with E-state index in [-0.39, 0.29) is 24.2 Å². The van der Waals surface area contributed by atoms with Crippen LogP contribution in [-0.2, 0) is 11.2 Å². The molecular formula is C18H18ClFN2O. The van der Waals surface area contributed by atoms with E-state index < -0.39 is 5.82 Å². The van der Waals surface area contributed by atoms with Crippen molar-refractivity contribution in [3.05, 3.63) is 64.4 Å². The van der Waals surface area contributed by atoms with Crippen LogP contribution in [0.3, 0.4) is 0 Å². The highest BCUT2D eigenvalue weighted by Crippen LogP contribution is 2.34. The van der Waals surface area contributed by atoms with Gasteiger partial charge in [0, 0.05) is 11.1 Å². The SMILES string of the molecule is CN(CC(=O)Nc1ccc(Cl)cc1F)[C@@H]1CCc2ccccc21. The van der Waals surface area contributed by atoms with Crippen molar-refractivity contribution in [2.45, 2.75) is 18.9 Å². The molecule has 2 aromatic rings. The van der Waals surface area contributed by atoms with Crippen molar-refractivity contribution in [1.82, 2.24) is 4.90 Å². The maximum atomic E-state index is 13.7. The summed E-state index contributed by atoms with van der Waals surface area (Å²) in [6.45, 7) is 0.209. The molecule has 1 atom stereocenters. The van der Waals surface area contributed by atoms with Gasteiger partial charge in [-0.1, -0.05) is 35.9 Å². The van der Waals surface area contributed by atoms with E-state index in [1.165, 1.54) is 23.3 Å². The maximum Gasteiger partial charge on any atom is 0.238 e. The van der Waals surface area contributed by atoms with E-state index in [2.05, 4.69) is 17.4 Å². The van der Waals surface area contributed by atoms with Gasteiger partial charge in [-0.3, -0.25) is 9.69 Å². The Morgan fingerprint density at radius 2 is 2.13 bits per heavy atom. The number of halogens is 2. The number of anilines is 1. The van der Waals surface area contributed by atoms with E-state index in [1.807, 2.05) is 24.1 Å². The smallest absolute Gasteiger partial charge is 0.238 e. The van der Waals surface area contributed by atoms with Crippen molar-refractivity contribution >= 4 is 23.2 Å². The van der Waals surface area contributed by atoms with Crippen LogP contribution >= 0.6 is 11.6 Å². The van der Waals surface area contributed by atoms with Crippen LogP contribution in [0.25, 0.3) is 0 Å². The standard InChI is InChI=1S/C18H18ClFN2O/c1-22(17-9-6-12-4-2-3-5-14(12)17)11-18(23)21-16-8-7-13(19)10-15(16)20/h2-5,7-8,10,17H,6,9,11H2,1H3,(H,21,23)/t17-/m1/s1. The Bertz CT molecular complexity index is 735. The summed E-state index contributed by atoms with van der Waals surface area (Å²) >= 11 is 5.71. The number of nitrogens with zero attached hydrogens (tertiary/aromatic N) is 1. The van der Waals surface area contributed by atoms with Gasteiger partial charge in [0.25, 0.3) is 0 Å². The van der Waals surface area contributed by atoms with Gasteiger partial charge < -0.3 is 5.32 Å². The molecule has 0 radical (unpaired) electrons. The Balaban J connectivity index is 1.64. The summed E-state index contributed by atoms with van der Waals surface area (Å²) < 4.78 is 13.7. The zero-order valence-corrected chi connectivity index (χ0v) is 13.6. The highest BCUT2D eigenvalue weighted by Gasteiger charge is 2.26. The first-order chi connectivity index (χ1) is 11.0. The van der Waals surface area contributed by atoms with E-state index >= 15 is 0 Å². The number of hydrogen-bond donors (Lipinski definition) is 1.